The van der Waals surface area contributed by atoms with Crippen molar-refractivity contribution >= 4 is 17.5 Å². The minimum Gasteiger partial charge on any atom is -0.478 e. The summed E-state index contributed by atoms with van der Waals surface area (Å²) in [6, 6.07) is 0. The van der Waals surface area contributed by atoms with Crippen molar-refractivity contribution in [1.82, 2.24) is 0 Å². The molecule has 0 saturated heterocycles. The molecule has 1 fully saturated rings. The van der Waals surface area contributed by atoms with Crippen LogP contribution < -0.4 is 0 Å². The molecule has 0 bridgehead atoms. The maximum Gasteiger partial charge on any atom is 0.328 e. The number of rotatable bonds is 7. The van der Waals surface area contributed by atoms with Crippen molar-refractivity contribution in [1.29, 1.82) is 0 Å². The van der Waals surface area contributed by atoms with Crippen LogP contribution in [0.1, 0.15) is 54.4 Å². The van der Waals surface area contributed by atoms with E-state index in [0.29, 0.717) is 12.0 Å². The molecular formula is C25H34O6. The molecule has 6 nitrogen and oxygen atoms in total. The van der Waals surface area contributed by atoms with Crippen LogP contribution in [0.5, 0.6) is 0 Å². The number of carboxylic acid groups (broad SMARTS) is 1. The third kappa shape index (κ3) is 5.49. The molecule has 170 valence electrons. The number of aliphatic hydroxyl groups excluding tert-OH is 1. The van der Waals surface area contributed by atoms with Crippen molar-refractivity contribution in [3.63, 3.8) is 0 Å². The zero-order valence-corrected chi connectivity index (χ0v) is 19.2. The molecule has 0 aromatic heterocycles. The van der Waals surface area contributed by atoms with Crippen LogP contribution >= 0.6 is 0 Å². The van der Waals surface area contributed by atoms with Gasteiger partial charge in [0.1, 0.15) is 23.3 Å². The third-order valence-electron chi connectivity index (χ3n) is 6.57. The van der Waals surface area contributed by atoms with Crippen LogP contribution in [-0.2, 0) is 14.4 Å². The van der Waals surface area contributed by atoms with Crippen LogP contribution in [-0.4, -0.2) is 44.6 Å². The number of aliphatic hydroxyl groups is 2. The summed E-state index contributed by atoms with van der Waals surface area (Å²) in [6.45, 7) is 10.4. The number of aliphatic carboxylic acids is 1. The van der Waals surface area contributed by atoms with Crippen LogP contribution in [0.15, 0.2) is 46.6 Å². The molecule has 31 heavy (non-hydrogen) atoms. The molecule has 3 N–H and O–H groups in total. The van der Waals surface area contributed by atoms with Gasteiger partial charge in [0.25, 0.3) is 0 Å². The van der Waals surface area contributed by atoms with Gasteiger partial charge < -0.3 is 15.3 Å². The summed E-state index contributed by atoms with van der Waals surface area (Å²) in [5, 5.41) is 30.2. The van der Waals surface area contributed by atoms with Gasteiger partial charge in [-0.25, -0.2) is 4.79 Å². The molecule has 0 spiro atoms. The first-order valence-corrected chi connectivity index (χ1v) is 10.7. The fraction of sp³-hybridized carbons (Fsp3) is 0.560. The van der Waals surface area contributed by atoms with Gasteiger partial charge in [-0.2, -0.15) is 0 Å². The average Bonchev–Trinajstić information content (AvgIpc) is 2.66. The first-order valence-electron chi connectivity index (χ1n) is 10.7. The lowest BCUT2D eigenvalue weighted by Crippen LogP contribution is -2.41. The zero-order chi connectivity index (χ0) is 23.7. The number of Topliss-reactive ketones (excluding diaryl/α,β-unsaturated/α-hetero) is 2. The molecule has 2 aliphatic rings. The minimum atomic E-state index is -1.78. The molecule has 6 heteroatoms. The Bertz CT molecular complexity index is 886. The molecule has 6 atom stereocenters. The fourth-order valence-electron chi connectivity index (χ4n) is 4.98. The Hall–Kier alpha value is -2.31. The number of hydrogen-bond acceptors (Lipinski definition) is 5. The first kappa shape index (κ1) is 25.0. The highest BCUT2D eigenvalue weighted by Crippen LogP contribution is 2.48. The molecule has 0 aromatic rings. The number of hydrogen-bond donors (Lipinski definition) is 3. The molecule has 0 heterocycles. The van der Waals surface area contributed by atoms with Gasteiger partial charge in [0.15, 0.2) is 0 Å². The third-order valence-corrected chi connectivity index (χ3v) is 6.57. The predicted molar refractivity (Wildman–Crippen MR) is 118 cm³/mol. The van der Waals surface area contributed by atoms with E-state index in [2.05, 4.69) is 6.08 Å². The molecule has 0 aliphatic heterocycles. The lowest BCUT2D eigenvalue weighted by molar-refractivity contribution is -0.131. The van der Waals surface area contributed by atoms with Crippen molar-refractivity contribution in [3.8, 4) is 0 Å². The van der Waals surface area contributed by atoms with Crippen LogP contribution in [0, 0.1) is 23.7 Å². The summed E-state index contributed by atoms with van der Waals surface area (Å²) in [7, 11) is 0. The van der Waals surface area contributed by atoms with Crippen LogP contribution in [0.2, 0.25) is 0 Å². The van der Waals surface area contributed by atoms with E-state index in [1.165, 1.54) is 19.4 Å². The Balaban J connectivity index is 2.52. The summed E-state index contributed by atoms with van der Waals surface area (Å²) < 4.78 is 0. The highest BCUT2D eigenvalue weighted by atomic mass is 16.4. The summed E-state index contributed by atoms with van der Waals surface area (Å²) in [5.74, 6) is -1.67. The van der Waals surface area contributed by atoms with Crippen LogP contribution in [0.25, 0.3) is 0 Å². The molecule has 0 unspecified atom stereocenters. The van der Waals surface area contributed by atoms with Crippen LogP contribution in [0.4, 0.5) is 0 Å². The van der Waals surface area contributed by atoms with Gasteiger partial charge in [-0.3, -0.25) is 9.59 Å². The summed E-state index contributed by atoms with van der Waals surface area (Å²) in [4.78, 5) is 35.6. The maximum absolute atomic E-state index is 12.8. The molecule has 0 amide bonds. The van der Waals surface area contributed by atoms with Gasteiger partial charge in [-0.15, -0.1) is 0 Å². The van der Waals surface area contributed by atoms with E-state index >= 15 is 0 Å². The van der Waals surface area contributed by atoms with E-state index in [1.807, 2.05) is 26.8 Å². The summed E-state index contributed by atoms with van der Waals surface area (Å²) >= 11 is 0. The Labute approximate surface area is 184 Å². The monoisotopic (exact) mass is 430 g/mol. The normalized spacial score (nSPS) is 30.0. The predicted octanol–water partition coefficient (Wildman–Crippen LogP) is 3.40. The highest BCUT2D eigenvalue weighted by Gasteiger charge is 2.43. The van der Waals surface area contributed by atoms with Crippen molar-refractivity contribution in [2.45, 2.75) is 66.1 Å². The van der Waals surface area contributed by atoms with E-state index in [1.54, 1.807) is 6.92 Å². The molecule has 1 saturated carbocycles. The van der Waals surface area contributed by atoms with Gasteiger partial charge in [0.05, 0.1) is 0 Å². The van der Waals surface area contributed by atoms with E-state index in [9.17, 15) is 24.6 Å². The first-order chi connectivity index (χ1) is 14.3. The second-order valence-corrected chi connectivity index (χ2v) is 9.36. The van der Waals surface area contributed by atoms with Gasteiger partial charge in [0, 0.05) is 30.3 Å². The number of carbonyl (C=O) groups is 3. The quantitative estimate of drug-likeness (QED) is 0.422. The van der Waals surface area contributed by atoms with E-state index in [0.717, 1.165) is 23.3 Å². The standard InChI is InChI=1S/C25H34O6/c1-13-9-18-10-14(2)23(29)17(5)22(18)20(19(13)12-16(4)26)11-15(3)24(30)25(6,31)8-7-21(27)28/h7-9,11,14,17,20,22,24,30-31H,10,12H2,1-6H3,(H,27,28)/b8-7+,15-11+/t14-,17+,20+,22+,24+,25+/m0/s1. The van der Waals surface area contributed by atoms with Crippen molar-refractivity contribution in [3.05, 3.63) is 46.6 Å². The Morgan fingerprint density at radius 2 is 1.90 bits per heavy atom. The van der Waals surface area contributed by atoms with Crippen molar-refractivity contribution in [2.24, 2.45) is 23.7 Å². The van der Waals surface area contributed by atoms with Gasteiger partial charge in [-0.05, 0) is 51.7 Å². The van der Waals surface area contributed by atoms with E-state index < -0.39 is 17.7 Å². The molecular weight excluding hydrogens is 396 g/mol. The zero-order valence-electron chi connectivity index (χ0n) is 19.2. The van der Waals surface area contributed by atoms with E-state index in [-0.39, 0.29) is 41.7 Å². The smallest absolute Gasteiger partial charge is 0.328 e. The number of carboxylic acids is 1. The summed E-state index contributed by atoms with van der Waals surface area (Å²) in [6.07, 6.45) is 5.37. The van der Waals surface area contributed by atoms with Gasteiger partial charge >= 0.3 is 5.97 Å². The molecule has 0 aromatic carbocycles. The van der Waals surface area contributed by atoms with E-state index in [4.69, 9.17) is 5.11 Å². The second kappa shape index (κ2) is 9.45. The minimum absolute atomic E-state index is 0.0161. The molecule has 0 radical (unpaired) electrons. The Morgan fingerprint density at radius 1 is 1.29 bits per heavy atom. The highest BCUT2D eigenvalue weighted by molar-refractivity contribution is 5.86. The summed E-state index contributed by atoms with van der Waals surface area (Å²) in [5.41, 5.74) is 1.76. The largest absolute Gasteiger partial charge is 0.478 e. The van der Waals surface area contributed by atoms with Crippen LogP contribution in [0.3, 0.4) is 0 Å². The second-order valence-electron chi connectivity index (χ2n) is 9.36. The Morgan fingerprint density at radius 3 is 2.45 bits per heavy atom. The maximum atomic E-state index is 12.8. The lowest BCUT2D eigenvalue weighted by Gasteiger charge is -2.42. The lowest BCUT2D eigenvalue weighted by atomic mass is 9.61. The van der Waals surface area contributed by atoms with Gasteiger partial charge in [-0.1, -0.05) is 42.7 Å². The van der Waals surface area contributed by atoms with Gasteiger partial charge in [0.2, 0.25) is 0 Å². The number of allylic oxidation sites excluding steroid dienone is 5. The number of ketones is 2. The Kier molecular flexibility index (Phi) is 7.61. The molecule has 2 rings (SSSR count). The fourth-order valence-corrected chi connectivity index (χ4v) is 4.98. The topological polar surface area (TPSA) is 112 Å². The molecule has 2 aliphatic carbocycles. The average molecular weight is 431 g/mol. The van der Waals surface area contributed by atoms with Crippen molar-refractivity contribution in [2.75, 3.05) is 0 Å². The number of carbonyl (C=O) groups excluding carboxylic acids is 2. The SMILES string of the molecule is CC(=O)CC1=C(C)C=C2C[C@H](C)C(=O)[C@H](C)[C@H]2[C@@H]1/C=C(\C)[C@@H](O)[C@](C)(O)/C=C/C(=O)O. The number of fused-ring (bicyclic) bond motifs is 1. The van der Waals surface area contributed by atoms with Crippen molar-refractivity contribution < 1.29 is 29.7 Å².